The van der Waals surface area contributed by atoms with Gasteiger partial charge >= 0.3 is 0 Å². The summed E-state index contributed by atoms with van der Waals surface area (Å²) in [5.41, 5.74) is 7.45. The molecule has 6 nitrogen and oxygen atoms in total. The first kappa shape index (κ1) is 20.3. The van der Waals surface area contributed by atoms with Gasteiger partial charge in [-0.1, -0.05) is 0 Å². The molecule has 1 aromatic carbocycles. The summed E-state index contributed by atoms with van der Waals surface area (Å²) in [7, 11) is 0. The van der Waals surface area contributed by atoms with Crippen LogP contribution in [0.1, 0.15) is 43.2 Å². The lowest BCUT2D eigenvalue weighted by Gasteiger charge is -2.38. The molecule has 0 unspecified atom stereocenters. The third kappa shape index (κ3) is 4.05. The molecule has 29 heavy (non-hydrogen) atoms. The fraction of sp³-hybridized carbons (Fsp3) is 0.550. The van der Waals surface area contributed by atoms with Crippen LogP contribution in [0.15, 0.2) is 18.3 Å². The van der Waals surface area contributed by atoms with Crippen molar-refractivity contribution in [1.29, 1.82) is 0 Å². The molecule has 9 heteroatoms. The highest BCUT2D eigenvalue weighted by atomic mass is 19.2. The molecule has 2 aliphatic rings. The summed E-state index contributed by atoms with van der Waals surface area (Å²) >= 11 is 0. The zero-order valence-corrected chi connectivity index (χ0v) is 16.4. The van der Waals surface area contributed by atoms with Gasteiger partial charge in [-0.3, -0.25) is 9.58 Å². The van der Waals surface area contributed by atoms with Crippen LogP contribution in [0.3, 0.4) is 0 Å². The number of fused-ring (bicyclic) bond motifs is 1. The average Bonchev–Trinajstić information content (AvgIpc) is 3.19. The molecule has 1 fully saturated rings. The van der Waals surface area contributed by atoms with E-state index in [1.165, 1.54) is 0 Å². The largest absolute Gasteiger partial charge is 0.389 e. The second-order valence-corrected chi connectivity index (χ2v) is 8.59. The molecule has 4 rings (SSSR count). The third-order valence-electron chi connectivity index (χ3n) is 5.56. The van der Waals surface area contributed by atoms with E-state index in [1.54, 1.807) is 13.8 Å². The van der Waals surface area contributed by atoms with E-state index >= 15 is 0 Å². The fourth-order valence-electron chi connectivity index (χ4n) is 4.17. The second kappa shape index (κ2) is 7.39. The topological polar surface area (TPSA) is 76.5 Å². The Labute approximate surface area is 167 Å². The van der Waals surface area contributed by atoms with E-state index in [0.717, 1.165) is 17.3 Å². The molecule has 0 spiro atoms. The van der Waals surface area contributed by atoms with Crippen LogP contribution < -0.4 is 5.73 Å². The van der Waals surface area contributed by atoms with Gasteiger partial charge in [-0.15, -0.1) is 0 Å². The van der Waals surface area contributed by atoms with Gasteiger partial charge in [0.15, 0.2) is 11.6 Å². The number of aromatic nitrogens is 2. The van der Waals surface area contributed by atoms with Crippen molar-refractivity contribution in [2.45, 2.75) is 63.7 Å². The smallest absolute Gasteiger partial charge is 0.161 e. The van der Waals surface area contributed by atoms with Gasteiger partial charge in [0.25, 0.3) is 0 Å². The van der Waals surface area contributed by atoms with Crippen LogP contribution in [-0.4, -0.2) is 44.1 Å². The Morgan fingerprint density at radius 1 is 1.21 bits per heavy atom. The summed E-state index contributed by atoms with van der Waals surface area (Å²) in [6.45, 7) is 5.51. The van der Waals surface area contributed by atoms with E-state index in [2.05, 4.69) is 10.00 Å². The van der Waals surface area contributed by atoms with Crippen molar-refractivity contribution in [3.63, 3.8) is 0 Å². The van der Waals surface area contributed by atoms with Gasteiger partial charge in [-0.2, -0.15) is 5.10 Å². The number of aliphatic hydroxyl groups is 1. The maximum Gasteiger partial charge on any atom is 0.161 e. The number of hydrogen-bond donors (Lipinski definition) is 2. The van der Waals surface area contributed by atoms with E-state index in [9.17, 15) is 18.3 Å². The van der Waals surface area contributed by atoms with Gasteiger partial charge in [0.1, 0.15) is 11.9 Å². The number of halogens is 3. The number of nitrogens with zero attached hydrogens (tertiary/aromatic N) is 3. The lowest BCUT2D eigenvalue weighted by molar-refractivity contribution is -0.0536. The molecule has 158 valence electrons. The van der Waals surface area contributed by atoms with Crippen molar-refractivity contribution in [3.05, 3.63) is 52.6 Å². The molecular formula is C20H25F3N4O2. The van der Waals surface area contributed by atoms with Crippen LogP contribution in [0.25, 0.3) is 0 Å². The van der Waals surface area contributed by atoms with Crippen LogP contribution in [-0.2, 0) is 24.4 Å². The monoisotopic (exact) mass is 410 g/mol. The first-order valence-electron chi connectivity index (χ1n) is 9.64. The minimum Gasteiger partial charge on any atom is -0.389 e. The standard InChI is InChI=1S/C20H25F3N4O2/c1-20(2,28)10-27-18-8-26(7-11(18)6-25-27)12-3-17(24)19(29-9-12)13-4-15(22)16(23)5-14(13)21/h4-6,12,17,19,28H,3,7-10,24H2,1-2H3/t12-,17+,19-/m1/s1. The number of ether oxygens (including phenoxy) is 1. The molecule has 2 aromatic rings. The number of rotatable bonds is 4. The maximum absolute atomic E-state index is 14.1. The molecule has 0 amide bonds. The van der Waals surface area contributed by atoms with Crippen molar-refractivity contribution in [1.82, 2.24) is 14.7 Å². The van der Waals surface area contributed by atoms with Crippen molar-refractivity contribution < 1.29 is 23.0 Å². The summed E-state index contributed by atoms with van der Waals surface area (Å²) in [5, 5.41) is 14.4. The van der Waals surface area contributed by atoms with E-state index < -0.39 is 35.2 Å². The zero-order chi connectivity index (χ0) is 20.9. The molecule has 1 aromatic heterocycles. The average molecular weight is 410 g/mol. The normalized spacial score (nSPS) is 25.4. The summed E-state index contributed by atoms with van der Waals surface area (Å²) in [6, 6.07) is 0.812. The molecule has 0 bridgehead atoms. The lowest BCUT2D eigenvalue weighted by atomic mass is 9.93. The minimum absolute atomic E-state index is 0.0117. The van der Waals surface area contributed by atoms with Crippen LogP contribution >= 0.6 is 0 Å². The Kier molecular flexibility index (Phi) is 5.18. The first-order valence-corrected chi connectivity index (χ1v) is 9.64. The molecule has 3 N–H and O–H groups in total. The predicted molar refractivity (Wildman–Crippen MR) is 99.2 cm³/mol. The van der Waals surface area contributed by atoms with E-state index in [4.69, 9.17) is 10.5 Å². The highest BCUT2D eigenvalue weighted by molar-refractivity contribution is 5.25. The molecule has 0 saturated carbocycles. The maximum atomic E-state index is 14.1. The molecule has 3 heterocycles. The highest BCUT2D eigenvalue weighted by Crippen LogP contribution is 2.34. The minimum atomic E-state index is -1.23. The Bertz CT molecular complexity index is 912. The van der Waals surface area contributed by atoms with Gasteiger partial charge < -0.3 is 15.6 Å². The van der Waals surface area contributed by atoms with Crippen LogP contribution in [0.5, 0.6) is 0 Å². The van der Waals surface area contributed by atoms with Gasteiger partial charge in [-0.05, 0) is 26.3 Å². The van der Waals surface area contributed by atoms with Gasteiger partial charge in [-0.25, -0.2) is 13.2 Å². The van der Waals surface area contributed by atoms with E-state index in [1.807, 2.05) is 10.9 Å². The number of benzene rings is 1. The van der Waals surface area contributed by atoms with Gasteiger partial charge in [0, 0.05) is 42.4 Å². The molecule has 3 atom stereocenters. The fourth-order valence-corrected chi connectivity index (χ4v) is 4.17. The van der Waals surface area contributed by atoms with Gasteiger partial charge in [0.05, 0.1) is 30.6 Å². The number of hydrogen-bond acceptors (Lipinski definition) is 5. The molecule has 0 aliphatic carbocycles. The van der Waals surface area contributed by atoms with Crippen LogP contribution in [0.2, 0.25) is 0 Å². The van der Waals surface area contributed by atoms with Crippen molar-refractivity contribution in [3.8, 4) is 0 Å². The van der Waals surface area contributed by atoms with Gasteiger partial charge in [0.2, 0.25) is 0 Å². The Hall–Kier alpha value is -1.94. The first-order chi connectivity index (χ1) is 13.6. The highest BCUT2D eigenvalue weighted by Gasteiger charge is 2.37. The Morgan fingerprint density at radius 3 is 2.62 bits per heavy atom. The lowest BCUT2D eigenvalue weighted by Crippen LogP contribution is -2.48. The van der Waals surface area contributed by atoms with E-state index in [-0.39, 0.29) is 11.6 Å². The molecule has 2 aliphatic heterocycles. The summed E-state index contributed by atoms with van der Waals surface area (Å²) < 4.78 is 48.5. The summed E-state index contributed by atoms with van der Waals surface area (Å²) in [4.78, 5) is 2.21. The van der Waals surface area contributed by atoms with E-state index in [0.29, 0.717) is 38.7 Å². The van der Waals surface area contributed by atoms with Crippen molar-refractivity contribution in [2.24, 2.45) is 5.73 Å². The third-order valence-corrected chi connectivity index (χ3v) is 5.56. The summed E-state index contributed by atoms with van der Waals surface area (Å²) in [5.74, 6) is -3.21. The zero-order valence-electron chi connectivity index (χ0n) is 16.4. The molecular weight excluding hydrogens is 385 g/mol. The van der Waals surface area contributed by atoms with Crippen LogP contribution in [0, 0.1) is 17.5 Å². The Morgan fingerprint density at radius 2 is 1.93 bits per heavy atom. The summed E-state index contributed by atoms with van der Waals surface area (Å²) in [6.07, 6.45) is 1.52. The van der Waals surface area contributed by atoms with Crippen molar-refractivity contribution >= 4 is 0 Å². The SMILES string of the molecule is CC(C)(O)Cn1ncc2c1CN([C@H]1CO[C@H](c3cc(F)c(F)cc3F)[C@@H](N)C1)C2. The Balaban J connectivity index is 1.44. The molecule has 0 radical (unpaired) electrons. The van der Waals surface area contributed by atoms with Crippen molar-refractivity contribution in [2.75, 3.05) is 6.61 Å². The number of nitrogens with two attached hydrogens (primary N) is 1. The second-order valence-electron chi connectivity index (χ2n) is 8.59. The quantitative estimate of drug-likeness (QED) is 0.757. The van der Waals surface area contributed by atoms with Crippen LogP contribution in [0.4, 0.5) is 13.2 Å². The molecule has 1 saturated heterocycles. The predicted octanol–water partition coefficient (Wildman–Crippen LogP) is 2.24.